The van der Waals surface area contributed by atoms with Gasteiger partial charge in [-0.3, -0.25) is 9.36 Å². The van der Waals surface area contributed by atoms with E-state index >= 15 is 0 Å². The smallest absolute Gasteiger partial charge is 0.300 e. The van der Waals surface area contributed by atoms with Crippen LogP contribution >= 0.6 is 0 Å². The number of nitrogen functional groups attached to an aromatic ring is 1. The molecule has 6 aromatic rings. The molecule has 0 atom stereocenters. The third kappa shape index (κ3) is 4.06. The van der Waals surface area contributed by atoms with E-state index in [-0.39, 0.29) is 11.5 Å². The Hall–Kier alpha value is -4.72. The zero-order valence-electron chi connectivity index (χ0n) is 19.0. The highest BCUT2D eigenvalue weighted by Crippen LogP contribution is 2.19. The lowest BCUT2D eigenvalue weighted by molar-refractivity contribution is 0.786. The first-order valence-electron chi connectivity index (χ1n) is 11.4. The molecule has 6 rings (SSSR count). The second kappa shape index (κ2) is 8.57. The molecule has 2 N–H and O–H groups in total. The molecule has 0 amide bonds. The fraction of sp³-hybridized carbons (Fsp3) is 0.111. The molecule has 0 saturated carbocycles. The summed E-state index contributed by atoms with van der Waals surface area (Å²) in [5.41, 5.74) is 10.1. The van der Waals surface area contributed by atoms with E-state index in [1.165, 1.54) is 10.9 Å². The molecular weight excluding hydrogens is 438 g/mol. The number of hydrogen-bond acceptors (Lipinski definition) is 5. The molecule has 35 heavy (non-hydrogen) atoms. The summed E-state index contributed by atoms with van der Waals surface area (Å²) in [6, 6.07) is 22.8. The molecule has 0 aliphatic rings. The van der Waals surface area contributed by atoms with Crippen molar-refractivity contribution in [3.63, 3.8) is 0 Å². The number of imidazole rings is 2. The summed E-state index contributed by atoms with van der Waals surface area (Å²) in [6.07, 6.45) is 7.19. The van der Waals surface area contributed by atoms with Gasteiger partial charge in [-0.15, -0.1) is 0 Å². The number of nitrogens with zero attached hydrogens (tertiary/aromatic N) is 6. The van der Waals surface area contributed by atoms with Gasteiger partial charge >= 0.3 is 5.56 Å². The van der Waals surface area contributed by atoms with E-state index < -0.39 is 0 Å². The summed E-state index contributed by atoms with van der Waals surface area (Å²) in [4.78, 5) is 25.6. The largest absolute Gasteiger partial charge is 0.369 e. The van der Waals surface area contributed by atoms with Gasteiger partial charge in [-0.1, -0.05) is 60.7 Å². The van der Waals surface area contributed by atoms with Crippen LogP contribution < -0.4 is 11.3 Å². The van der Waals surface area contributed by atoms with Crippen molar-refractivity contribution in [1.29, 1.82) is 0 Å². The maximum absolute atomic E-state index is 12.8. The Labute approximate surface area is 200 Å². The van der Waals surface area contributed by atoms with Crippen molar-refractivity contribution >= 4 is 27.9 Å². The standard InChI is InChI=1S/C27H23N7O/c28-27-31-26(35)24-25(30-18-33(24)15-21-9-10-22-3-1-2-4-23(22)13-21)34(27)16-20-7-5-19(6-8-20)14-32-12-11-29-17-32/h1-13,17-18H,14-16H2,(H2,28,31,35). The first-order chi connectivity index (χ1) is 17.1. The molecule has 0 aliphatic carbocycles. The van der Waals surface area contributed by atoms with Crippen molar-refractivity contribution in [2.24, 2.45) is 0 Å². The molecule has 0 fully saturated rings. The third-order valence-corrected chi connectivity index (χ3v) is 6.22. The summed E-state index contributed by atoms with van der Waals surface area (Å²) < 4.78 is 5.65. The van der Waals surface area contributed by atoms with E-state index in [1.54, 1.807) is 23.4 Å². The summed E-state index contributed by atoms with van der Waals surface area (Å²) in [7, 11) is 0. The van der Waals surface area contributed by atoms with Crippen molar-refractivity contribution in [2.45, 2.75) is 19.6 Å². The van der Waals surface area contributed by atoms with Crippen LogP contribution in [0.25, 0.3) is 21.9 Å². The van der Waals surface area contributed by atoms with Crippen LogP contribution in [0.15, 0.2) is 96.6 Å². The average Bonchev–Trinajstić information content (AvgIpc) is 3.53. The Morgan fingerprint density at radius 2 is 1.54 bits per heavy atom. The van der Waals surface area contributed by atoms with Crippen molar-refractivity contribution in [3.8, 4) is 0 Å². The molecule has 3 aromatic carbocycles. The van der Waals surface area contributed by atoms with Crippen LogP contribution in [-0.2, 0) is 19.6 Å². The summed E-state index contributed by atoms with van der Waals surface area (Å²) in [5, 5.41) is 2.34. The predicted octanol–water partition coefficient (Wildman–Crippen LogP) is 3.67. The van der Waals surface area contributed by atoms with E-state index in [4.69, 9.17) is 5.73 Å². The SMILES string of the molecule is Nc1nc(=O)c2c(ncn2Cc2ccc3ccccc3c2)n1Cc1ccc(Cn2ccnc2)cc1. The topological polar surface area (TPSA) is 96.6 Å². The number of benzene rings is 3. The third-order valence-electron chi connectivity index (χ3n) is 6.22. The molecule has 0 bridgehead atoms. The lowest BCUT2D eigenvalue weighted by atomic mass is 10.1. The number of anilines is 1. The zero-order valence-corrected chi connectivity index (χ0v) is 19.0. The molecular formula is C27H23N7O. The van der Waals surface area contributed by atoms with Crippen molar-refractivity contribution in [2.75, 3.05) is 5.73 Å². The molecule has 3 aromatic heterocycles. The zero-order chi connectivity index (χ0) is 23.8. The highest BCUT2D eigenvalue weighted by atomic mass is 16.1. The van der Waals surface area contributed by atoms with Gasteiger partial charge in [-0.2, -0.15) is 4.98 Å². The first kappa shape index (κ1) is 20.9. The Morgan fingerprint density at radius 3 is 2.31 bits per heavy atom. The Kier molecular flexibility index (Phi) is 5.11. The number of nitrogens with two attached hydrogens (primary N) is 1. The molecule has 0 aliphatic heterocycles. The minimum absolute atomic E-state index is 0.154. The fourth-order valence-corrected chi connectivity index (χ4v) is 4.45. The van der Waals surface area contributed by atoms with Crippen LogP contribution in [0.2, 0.25) is 0 Å². The van der Waals surface area contributed by atoms with Gasteiger partial charge in [0.05, 0.1) is 19.2 Å². The minimum Gasteiger partial charge on any atom is -0.369 e. The van der Waals surface area contributed by atoms with Crippen LogP contribution in [0, 0.1) is 0 Å². The van der Waals surface area contributed by atoms with E-state index in [1.807, 2.05) is 27.5 Å². The van der Waals surface area contributed by atoms with Gasteiger partial charge in [0.15, 0.2) is 11.2 Å². The second-order valence-corrected chi connectivity index (χ2v) is 8.64. The Balaban J connectivity index is 1.31. The van der Waals surface area contributed by atoms with Crippen molar-refractivity contribution in [3.05, 3.63) is 119 Å². The van der Waals surface area contributed by atoms with Crippen LogP contribution in [0.3, 0.4) is 0 Å². The molecule has 0 unspecified atom stereocenters. The summed E-state index contributed by atoms with van der Waals surface area (Å²) in [6.45, 7) is 1.74. The quantitative estimate of drug-likeness (QED) is 0.408. The molecule has 0 saturated heterocycles. The predicted molar refractivity (Wildman–Crippen MR) is 136 cm³/mol. The van der Waals surface area contributed by atoms with E-state index in [2.05, 4.69) is 69.5 Å². The van der Waals surface area contributed by atoms with Crippen LogP contribution in [0.1, 0.15) is 16.7 Å². The van der Waals surface area contributed by atoms with E-state index in [0.29, 0.717) is 24.3 Å². The van der Waals surface area contributed by atoms with E-state index in [0.717, 1.165) is 23.1 Å². The number of aromatic nitrogens is 6. The lowest BCUT2D eigenvalue weighted by Crippen LogP contribution is -2.20. The Bertz CT molecular complexity index is 1700. The first-order valence-corrected chi connectivity index (χ1v) is 11.4. The normalized spacial score (nSPS) is 11.4. The highest BCUT2D eigenvalue weighted by molar-refractivity contribution is 5.83. The van der Waals surface area contributed by atoms with Gasteiger partial charge in [0, 0.05) is 25.5 Å². The molecule has 8 nitrogen and oxygen atoms in total. The van der Waals surface area contributed by atoms with Gasteiger partial charge < -0.3 is 14.9 Å². The average molecular weight is 462 g/mol. The van der Waals surface area contributed by atoms with Crippen LogP contribution in [-0.4, -0.2) is 28.7 Å². The highest BCUT2D eigenvalue weighted by Gasteiger charge is 2.15. The second-order valence-electron chi connectivity index (χ2n) is 8.64. The summed E-state index contributed by atoms with van der Waals surface area (Å²) >= 11 is 0. The fourth-order valence-electron chi connectivity index (χ4n) is 4.45. The van der Waals surface area contributed by atoms with Crippen LogP contribution in [0.4, 0.5) is 5.95 Å². The van der Waals surface area contributed by atoms with Gasteiger partial charge in [0.1, 0.15) is 0 Å². The summed E-state index contributed by atoms with van der Waals surface area (Å²) in [5.74, 6) is 0.154. The lowest BCUT2D eigenvalue weighted by Gasteiger charge is -2.12. The Morgan fingerprint density at radius 1 is 0.800 bits per heavy atom. The van der Waals surface area contributed by atoms with Gasteiger partial charge in [-0.05, 0) is 33.5 Å². The maximum Gasteiger partial charge on any atom is 0.300 e. The van der Waals surface area contributed by atoms with Gasteiger partial charge in [0.2, 0.25) is 5.95 Å². The number of fused-ring (bicyclic) bond motifs is 2. The molecule has 172 valence electrons. The monoisotopic (exact) mass is 461 g/mol. The van der Waals surface area contributed by atoms with Gasteiger partial charge in [-0.25, -0.2) is 9.97 Å². The van der Waals surface area contributed by atoms with E-state index in [9.17, 15) is 4.79 Å². The minimum atomic E-state index is -0.372. The molecule has 0 spiro atoms. The number of rotatable bonds is 6. The molecule has 8 heteroatoms. The number of hydrogen-bond donors (Lipinski definition) is 1. The maximum atomic E-state index is 12.8. The van der Waals surface area contributed by atoms with Crippen molar-refractivity contribution in [1.82, 2.24) is 28.7 Å². The molecule has 0 radical (unpaired) electrons. The van der Waals surface area contributed by atoms with Crippen molar-refractivity contribution < 1.29 is 0 Å². The molecule has 3 heterocycles. The van der Waals surface area contributed by atoms with Crippen LogP contribution in [0.5, 0.6) is 0 Å². The van der Waals surface area contributed by atoms with Gasteiger partial charge in [0.25, 0.3) is 0 Å².